The summed E-state index contributed by atoms with van der Waals surface area (Å²) in [5.74, 6) is -2.57. The number of rotatable bonds is 3. The van der Waals surface area contributed by atoms with Gasteiger partial charge in [0.05, 0.1) is 4.90 Å². The Morgan fingerprint density at radius 2 is 1.88 bits per heavy atom. The fraction of sp³-hybridized carbons (Fsp3) is 0.188. The van der Waals surface area contributed by atoms with Gasteiger partial charge in [0, 0.05) is 17.8 Å². The van der Waals surface area contributed by atoms with Crippen LogP contribution in [0.2, 0.25) is 0 Å². The molecular weight excluding hydrogens is 338 g/mol. The van der Waals surface area contributed by atoms with Gasteiger partial charge in [-0.2, -0.15) is 0 Å². The van der Waals surface area contributed by atoms with E-state index in [0.29, 0.717) is 24.2 Å². The Balaban J connectivity index is 1.94. The van der Waals surface area contributed by atoms with Crippen molar-refractivity contribution in [3.8, 4) is 0 Å². The summed E-state index contributed by atoms with van der Waals surface area (Å²) in [6.07, 6.45) is 0.484. The number of anilines is 1. The molecule has 0 bridgehead atoms. The summed E-state index contributed by atoms with van der Waals surface area (Å²) in [6.45, 7) is 0.343. The fourth-order valence-corrected chi connectivity index (χ4v) is 3.44. The summed E-state index contributed by atoms with van der Waals surface area (Å²) < 4.78 is 52.2. The van der Waals surface area contributed by atoms with Crippen molar-refractivity contribution in [3.63, 3.8) is 0 Å². The standard InChI is InChI=1S/C16H14F2N2O3S/c1-19-24(22,23)12-3-5-15-10(8-12)6-7-20(15)16(21)11-2-4-13(17)14(18)9-11/h2-5,8-9,19H,6-7H2,1H3. The van der Waals surface area contributed by atoms with Crippen LogP contribution in [-0.4, -0.2) is 27.9 Å². The molecule has 1 aliphatic rings. The van der Waals surface area contributed by atoms with E-state index in [2.05, 4.69) is 4.72 Å². The average Bonchev–Trinajstić information content (AvgIpc) is 2.99. The monoisotopic (exact) mass is 352 g/mol. The second-order valence-corrected chi connectivity index (χ2v) is 7.22. The van der Waals surface area contributed by atoms with Crippen LogP contribution in [0.1, 0.15) is 15.9 Å². The molecule has 5 nitrogen and oxygen atoms in total. The Kier molecular flexibility index (Phi) is 4.10. The summed E-state index contributed by atoms with van der Waals surface area (Å²) in [4.78, 5) is 14.1. The van der Waals surface area contributed by atoms with E-state index >= 15 is 0 Å². The molecule has 2 aromatic rings. The second kappa shape index (κ2) is 5.95. The van der Waals surface area contributed by atoms with E-state index in [0.717, 1.165) is 12.1 Å². The lowest BCUT2D eigenvalue weighted by Gasteiger charge is -2.17. The van der Waals surface area contributed by atoms with E-state index in [1.165, 1.54) is 30.1 Å². The van der Waals surface area contributed by atoms with Crippen LogP contribution < -0.4 is 9.62 Å². The zero-order valence-electron chi connectivity index (χ0n) is 12.7. The largest absolute Gasteiger partial charge is 0.308 e. The topological polar surface area (TPSA) is 66.5 Å². The van der Waals surface area contributed by atoms with Crippen LogP contribution in [0.4, 0.5) is 14.5 Å². The third-order valence-electron chi connectivity index (χ3n) is 3.94. The summed E-state index contributed by atoms with van der Waals surface area (Å²) >= 11 is 0. The highest BCUT2D eigenvalue weighted by Gasteiger charge is 2.27. The number of amides is 1. The highest BCUT2D eigenvalue weighted by Crippen LogP contribution is 2.31. The molecular formula is C16H14F2N2O3S. The van der Waals surface area contributed by atoms with Crippen LogP contribution in [0.25, 0.3) is 0 Å². The van der Waals surface area contributed by atoms with Gasteiger partial charge in [-0.15, -0.1) is 0 Å². The van der Waals surface area contributed by atoms with Crippen molar-refractivity contribution in [2.75, 3.05) is 18.5 Å². The van der Waals surface area contributed by atoms with Crippen molar-refractivity contribution in [3.05, 3.63) is 59.2 Å². The van der Waals surface area contributed by atoms with Crippen molar-refractivity contribution in [1.29, 1.82) is 0 Å². The molecule has 24 heavy (non-hydrogen) atoms. The number of nitrogens with one attached hydrogen (secondary N) is 1. The number of nitrogens with zero attached hydrogens (tertiary/aromatic N) is 1. The first-order valence-electron chi connectivity index (χ1n) is 7.17. The maximum Gasteiger partial charge on any atom is 0.258 e. The molecule has 2 aromatic carbocycles. The molecule has 8 heteroatoms. The van der Waals surface area contributed by atoms with Crippen LogP contribution in [0.3, 0.4) is 0 Å². The molecule has 1 amide bonds. The number of benzene rings is 2. The minimum absolute atomic E-state index is 0.0358. The van der Waals surface area contributed by atoms with Gasteiger partial charge in [0.25, 0.3) is 5.91 Å². The molecule has 1 aliphatic heterocycles. The van der Waals surface area contributed by atoms with E-state index in [1.807, 2.05) is 0 Å². The van der Waals surface area contributed by atoms with Crippen LogP contribution in [0.5, 0.6) is 0 Å². The van der Waals surface area contributed by atoms with Gasteiger partial charge in [-0.3, -0.25) is 4.79 Å². The molecule has 0 fully saturated rings. The third-order valence-corrected chi connectivity index (χ3v) is 5.35. The van der Waals surface area contributed by atoms with E-state index in [4.69, 9.17) is 0 Å². The molecule has 0 aliphatic carbocycles. The zero-order chi connectivity index (χ0) is 17.5. The maximum atomic E-state index is 13.3. The lowest BCUT2D eigenvalue weighted by atomic mass is 10.1. The first kappa shape index (κ1) is 16.5. The maximum absolute atomic E-state index is 13.3. The van der Waals surface area contributed by atoms with Crippen molar-refractivity contribution in [2.45, 2.75) is 11.3 Å². The molecule has 3 rings (SSSR count). The minimum atomic E-state index is -3.56. The minimum Gasteiger partial charge on any atom is -0.308 e. The van der Waals surface area contributed by atoms with Crippen molar-refractivity contribution < 1.29 is 22.0 Å². The van der Waals surface area contributed by atoms with Gasteiger partial charge >= 0.3 is 0 Å². The molecule has 1 heterocycles. The van der Waals surface area contributed by atoms with Crippen LogP contribution in [0, 0.1) is 11.6 Å². The molecule has 1 N–H and O–H groups in total. The smallest absolute Gasteiger partial charge is 0.258 e. The number of carbonyl (C=O) groups is 1. The van der Waals surface area contributed by atoms with Crippen LogP contribution >= 0.6 is 0 Å². The normalized spacial score (nSPS) is 13.9. The van der Waals surface area contributed by atoms with Crippen molar-refractivity contribution in [1.82, 2.24) is 4.72 Å². The molecule has 0 spiro atoms. The van der Waals surface area contributed by atoms with Crippen LogP contribution in [-0.2, 0) is 16.4 Å². The van der Waals surface area contributed by atoms with E-state index in [-0.39, 0.29) is 10.5 Å². The fourth-order valence-electron chi connectivity index (χ4n) is 2.66. The summed E-state index contributed by atoms with van der Waals surface area (Å²) in [7, 11) is -2.24. The molecule has 0 saturated carbocycles. The van der Waals surface area contributed by atoms with Gasteiger partial charge in [-0.05, 0) is 55.4 Å². The van der Waals surface area contributed by atoms with Crippen molar-refractivity contribution >= 4 is 21.6 Å². The number of carbonyl (C=O) groups excluding carboxylic acids is 1. The Hall–Kier alpha value is -2.32. The quantitative estimate of drug-likeness (QED) is 0.920. The SMILES string of the molecule is CNS(=O)(=O)c1ccc2c(c1)CCN2C(=O)c1ccc(F)c(F)c1. The second-order valence-electron chi connectivity index (χ2n) is 5.33. The highest BCUT2D eigenvalue weighted by atomic mass is 32.2. The van der Waals surface area contributed by atoms with Gasteiger partial charge < -0.3 is 4.90 Å². The molecule has 0 unspecified atom stereocenters. The first-order valence-corrected chi connectivity index (χ1v) is 8.65. The summed E-state index contributed by atoms with van der Waals surface area (Å²) in [6, 6.07) is 7.45. The molecule has 0 aromatic heterocycles. The Morgan fingerprint density at radius 3 is 2.54 bits per heavy atom. The number of hydrogen-bond donors (Lipinski definition) is 1. The summed E-state index contributed by atoms with van der Waals surface area (Å²) in [5, 5.41) is 0. The first-order chi connectivity index (χ1) is 11.3. The third kappa shape index (κ3) is 2.78. The predicted molar refractivity (Wildman–Crippen MR) is 84.4 cm³/mol. The number of sulfonamides is 1. The van der Waals surface area contributed by atoms with Crippen molar-refractivity contribution in [2.24, 2.45) is 0 Å². The lowest BCUT2D eigenvalue weighted by Crippen LogP contribution is -2.29. The predicted octanol–water partition coefficient (Wildman–Crippen LogP) is 2.08. The highest BCUT2D eigenvalue weighted by molar-refractivity contribution is 7.89. The lowest BCUT2D eigenvalue weighted by molar-refractivity contribution is 0.0989. The molecule has 0 saturated heterocycles. The van der Waals surface area contributed by atoms with Gasteiger partial charge in [-0.1, -0.05) is 0 Å². The van der Waals surface area contributed by atoms with E-state index in [9.17, 15) is 22.0 Å². The molecule has 0 atom stereocenters. The van der Waals surface area contributed by atoms with E-state index in [1.54, 1.807) is 6.07 Å². The number of fused-ring (bicyclic) bond motifs is 1. The Bertz CT molecular complexity index is 929. The Labute approximate surface area is 138 Å². The van der Waals surface area contributed by atoms with E-state index < -0.39 is 27.6 Å². The van der Waals surface area contributed by atoms with Gasteiger partial charge in [-0.25, -0.2) is 21.9 Å². The van der Waals surface area contributed by atoms with Crippen LogP contribution in [0.15, 0.2) is 41.3 Å². The van der Waals surface area contributed by atoms with Gasteiger partial charge in [0.15, 0.2) is 11.6 Å². The summed E-state index contributed by atoms with van der Waals surface area (Å²) in [5.41, 5.74) is 1.32. The average molecular weight is 352 g/mol. The Morgan fingerprint density at radius 1 is 1.12 bits per heavy atom. The number of hydrogen-bond acceptors (Lipinski definition) is 3. The van der Waals surface area contributed by atoms with Gasteiger partial charge in [0.2, 0.25) is 10.0 Å². The molecule has 0 radical (unpaired) electrons. The molecule has 126 valence electrons. The van der Waals surface area contributed by atoms with Gasteiger partial charge in [0.1, 0.15) is 0 Å². The number of halogens is 2. The zero-order valence-corrected chi connectivity index (χ0v) is 13.5.